The number of methoxy groups -OCH3 is 3. The van der Waals surface area contributed by atoms with Gasteiger partial charge in [-0.3, -0.25) is 4.79 Å². The zero-order chi connectivity index (χ0) is 20.2. The Kier molecular flexibility index (Phi) is 10.2. The molecule has 0 fully saturated rings. The summed E-state index contributed by atoms with van der Waals surface area (Å²) in [5.41, 5.74) is 0.898. The van der Waals surface area contributed by atoms with Crippen molar-refractivity contribution in [1.82, 2.24) is 15.5 Å². The fourth-order valence-corrected chi connectivity index (χ4v) is 2.47. The van der Waals surface area contributed by atoms with Gasteiger partial charge < -0.3 is 29.7 Å². The van der Waals surface area contributed by atoms with E-state index in [1.807, 2.05) is 18.4 Å². The van der Waals surface area contributed by atoms with E-state index in [2.05, 4.69) is 15.6 Å². The summed E-state index contributed by atoms with van der Waals surface area (Å²) in [6.45, 7) is 1.31. The average molecular weight is 399 g/mol. The molecule has 8 nitrogen and oxygen atoms in total. The summed E-state index contributed by atoms with van der Waals surface area (Å²) in [7, 11) is 8.16. The van der Waals surface area contributed by atoms with Crippen LogP contribution in [0, 0.1) is 0 Å². The lowest BCUT2D eigenvalue weighted by molar-refractivity contribution is -0.127. The predicted molar refractivity (Wildman–Crippen MR) is 110 cm³/mol. The molecule has 1 aromatic carbocycles. The number of thioether (sulfide) groups is 1. The highest BCUT2D eigenvalue weighted by molar-refractivity contribution is 7.98. The highest BCUT2D eigenvalue weighted by atomic mass is 32.2. The second kappa shape index (κ2) is 12.2. The minimum Gasteiger partial charge on any atom is -0.493 e. The van der Waals surface area contributed by atoms with E-state index in [1.54, 1.807) is 47.2 Å². The number of aliphatic imine (C=N–C) groups is 1. The standard InChI is InChI=1S/C18H30N4O4S/c1-22(2)16(23)12-21-18(19-7-8-27-6)20-11-13-9-14(24-3)17(26-5)15(10-13)25-4/h9-10H,7-8,11-12H2,1-6H3,(H2,19,20,21). The van der Waals surface area contributed by atoms with Crippen LogP contribution in [0.15, 0.2) is 17.1 Å². The van der Waals surface area contributed by atoms with Gasteiger partial charge in [-0.15, -0.1) is 0 Å². The van der Waals surface area contributed by atoms with Crippen molar-refractivity contribution in [3.8, 4) is 17.2 Å². The zero-order valence-corrected chi connectivity index (χ0v) is 17.7. The van der Waals surface area contributed by atoms with Crippen molar-refractivity contribution < 1.29 is 19.0 Å². The quantitative estimate of drug-likeness (QED) is 0.348. The van der Waals surface area contributed by atoms with Crippen LogP contribution in [-0.2, 0) is 11.3 Å². The maximum absolute atomic E-state index is 11.8. The minimum absolute atomic E-state index is 0.0258. The molecular formula is C18H30N4O4S. The van der Waals surface area contributed by atoms with Crippen molar-refractivity contribution in [2.75, 3.05) is 60.5 Å². The molecule has 0 saturated carbocycles. The molecule has 0 spiro atoms. The van der Waals surface area contributed by atoms with Crippen molar-refractivity contribution in [3.63, 3.8) is 0 Å². The van der Waals surface area contributed by atoms with E-state index in [0.717, 1.165) is 17.9 Å². The van der Waals surface area contributed by atoms with Crippen LogP contribution in [0.4, 0.5) is 0 Å². The SMILES string of the molecule is COc1cc(CN=C(NCCSC)NCC(=O)N(C)C)cc(OC)c1OC. The number of hydrogen-bond donors (Lipinski definition) is 2. The Hall–Kier alpha value is -2.29. The number of amides is 1. The molecule has 0 bridgehead atoms. The smallest absolute Gasteiger partial charge is 0.241 e. The molecule has 2 N–H and O–H groups in total. The number of ether oxygens (including phenoxy) is 3. The van der Waals surface area contributed by atoms with Crippen LogP contribution < -0.4 is 24.8 Å². The van der Waals surface area contributed by atoms with E-state index in [9.17, 15) is 4.79 Å². The van der Waals surface area contributed by atoms with E-state index >= 15 is 0 Å². The van der Waals surface area contributed by atoms with Gasteiger partial charge >= 0.3 is 0 Å². The van der Waals surface area contributed by atoms with Crippen molar-refractivity contribution in [1.29, 1.82) is 0 Å². The van der Waals surface area contributed by atoms with Gasteiger partial charge in [0.15, 0.2) is 17.5 Å². The number of nitrogens with one attached hydrogen (secondary N) is 2. The summed E-state index contributed by atoms with van der Waals surface area (Å²) in [6.07, 6.45) is 2.04. The number of carbonyl (C=O) groups excluding carboxylic acids is 1. The summed E-state index contributed by atoms with van der Waals surface area (Å²) >= 11 is 1.73. The first kappa shape index (κ1) is 22.8. The third-order valence-corrected chi connectivity index (χ3v) is 4.26. The Morgan fingerprint density at radius 1 is 1.11 bits per heavy atom. The van der Waals surface area contributed by atoms with Crippen LogP contribution in [0.2, 0.25) is 0 Å². The van der Waals surface area contributed by atoms with Gasteiger partial charge in [0.25, 0.3) is 0 Å². The Morgan fingerprint density at radius 2 is 1.74 bits per heavy atom. The van der Waals surface area contributed by atoms with Crippen LogP contribution in [0.25, 0.3) is 0 Å². The molecular weight excluding hydrogens is 368 g/mol. The van der Waals surface area contributed by atoms with E-state index in [-0.39, 0.29) is 12.5 Å². The Balaban J connectivity index is 2.94. The summed E-state index contributed by atoms with van der Waals surface area (Å²) in [5.74, 6) is 3.19. The van der Waals surface area contributed by atoms with Gasteiger partial charge in [0, 0.05) is 26.4 Å². The maximum Gasteiger partial charge on any atom is 0.241 e. The molecule has 0 radical (unpaired) electrons. The topological polar surface area (TPSA) is 84.4 Å². The molecule has 0 aromatic heterocycles. The van der Waals surface area contributed by atoms with Gasteiger partial charge in [-0.25, -0.2) is 4.99 Å². The molecule has 1 rings (SSSR count). The molecule has 27 heavy (non-hydrogen) atoms. The molecule has 0 saturated heterocycles. The summed E-state index contributed by atoms with van der Waals surface area (Å²) in [6, 6.07) is 3.71. The molecule has 0 unspecified atom stereocenters. The van der Waals surface area contributed by atoms with E-state index in [4.69, 9.17) is 14.2 Å². The molecule has 1 amide bonds. The Bertz CT molecular complexity index is 613. The molecule has 9 heteroatoms. The molecule has 1 aromatic rings. The molecule has 0 atom stereocenters. The zero-order valence-electron chi connectivity index (χ0n) is 16.9. The summed E-state index contributed by atoms with van der Waals surface area (Å²) in [4.78, 5) is 17.9. The molecule has 0 aliphatic rings. The Morgan fingerprint density at radius 3 is 2.22 bits per heavy atom. The van der Waals surface area contributed by atoms with Crippen LogP contribution in [0.3, 0.4) is 0 Å². The van der Waals surface area contributed by atoms with Crippen molar-refractivity contribution >= 4 is 23.6 Å². The van der Waals surface area contributed by atoms with Crippen molar-refractivity contribution in [2.45, 2.75) is 6.54 Å². The normalized spacial score (nSPS) is 11.0. The lowest BCUT2D eigenvalue weighted by Crippen LogP contribution is -2.43. The first-order valence-corrected chi connectivity index (χ1v) is 9.86. The first-order valence-electron chi connectivity index (χ1n) is 8.46. The van der Waals surface area contributed by atoms with Gasteiger partial charge in [-0.2, -0.15) is 11.8 Å². The van der Waals surface area contributed by atoms with Gasteiger partial charge in [0.05, 0.1) is 34.4 Å². The monoisotopic (exact) mass is 398 g/mol. The number of carbonyl (C=O) groups is 1. The molecule has 0 aliphatic carbocycles. The van der Waals surface area contributed by atoms with E-state index in [0.29, 0.717) is 29.8 Å². The lowest BCUT2D eigenvalue weighted by atomic mass is 10.2. The minimum atomic E-state index is -0.0258. The largest absolute Gasteiger partial charge is 0.493 e. The fraction of sp³-hybridized carbons (Fsp3) is 0.556. The second-order valence-corrected chi connectivity index (χ2v) is 6.75. The first-order chi connectivity index (χ1) is 13.0. The molecule has 0 aliphatic heterocycles. The van der Waals surface area contributed by atoms with Gasteiger partial charge in [0.1, 0.15) is 0 Å². The molecule has 152 valence electrons. The van der Waals surface area contributed by atoms with Gasteiger partial charge in [0.2, 0.25) is 11.7 Å². The van der Waals surface area contributed by atoms with Gasteiger partial charge in [-0.05, 0) is 24.0 Å². The number of nitrogens with zero attached hydrogens (tertiary/aromatic N) is 2. The van der Waals surface area contributed by atoms with Gasteiger partial charge in [-0.1, -0.05) is 0 Å². The number of benzene rings is 1. The number of rotatable bonds is 10. The van der Waals surface area contributed by atoms with Crippen LogP contribution in [-0.4, -0.2) is 77.3 Å². The third-order valence-electron chi connectivity index (χ3n) is 3.65. The maximum atomic E-state index is 11.8. The van der Waals surface area contributed by atoms with Crippen LogP contribution in [0.1, 0.15) is 5.56 Å². The molecule has 0 heterocycles. The highest BCUT2D eigenvalue weighted by Crippen LogP contribution is 2.38. The van der Waals surface area contributed by atoms with Crippen molar-refractivity contribution in [3.05, 3.63) is 17.7 Å². The van der Waals surface area contributed by atoms with E-state index in [1.165, 1.54) is 4.90 Å². The second-order valence-electron chi connectivity index (χ2n) is 5.76. The fourth-order valence-electron chi connectivity index (χ4n) is 2.16. The van der Waals surface area contributed by atoms with Crippen LogP contribution in [0.5, 0.6) is 17.2 Å². The van der Waals surface area contributed by atoms with E-state index < -0.39 is 0 Å². The predicted octanol–water partition coefficient (Wildman–Crippen LogP) is 1.20. The summed E-state index contributed by atoms with van der Waals surface area (Å²) < 4.78 is 16.1. The lowest BCUT2D eigenvalue weighted by Gasteiger charge is -2.16. The number of guanidine groups is 1. The average Bonchev–Trinajstić information content (AvgIpc) is 2.68. The number of hydrogen-bond acceptors (Lipinski definition) is 6. The Labute approximate surface area is 165 Å². The third kappa shape index (κ3) is 7.46. The number of likely N-dealkylation sites (N-methyl/N-ethyl adjacent to an activating group) is 1. The van der Waals surface area contributed by atoms with Crippen LogP contribution >= 0.6 is 11.8 Å². The van der Waals surface area contributed by atoms with Crippen molar-refractivity contribution in [2.24, 2.45) is 4.99 Å². The highest BCUT2D eigenvalue weighted by Gasteiger charge is 2.13. The summed E-state index contributed by atoms with van der Waals surface area (Å²) in [5, 5.41) is 6.29.